The van der Waals surface area contributed by atoms with Crippen molar-refractivity contribution in [1.29, 1.82) is 0 Å². The van der Waals surface area contributed by atoms with E-state index in [9.17, 15) is 40.2 Å². The summed E-state index contributed by atoms with van der Waals surface area (Å²) in [5.74, 6) is 1.06. The van der Waals surface area contributed by atoms with Gasteiger partial charge in [-0.3, -0.25) is 14.5 Å². The van der Waals surface area contributed by atoms with Crippen LogP contribution in [0.15, 0.2) is 0 Å². The van der Waals surface area contributed by atoms with Crippen LogP contribution in [0.5, 0.6) is 0 Å². The molecule has 2 aliphatic rings. The van der Waals surface area contributed by atoms with Gasteiger partial charge in [0.2, 0.25) is 11.8 Å². The summed E-state index contributed by atoms with van der Waals surface area (Å²) in [5.41, 5.74) is 0. The van der Waals surface area contributed by atoms with Crippen LogP contribution in [-0.4, -0.2) is 142 Å². The first-order valence-electron chi connectivity index (χ1n) is 16.4. The van der Waals surface area contributed by atoms with E-state index in [4.69, 9.17) is 0 Å². The zero-order valence-corrected chi connectivity index (χ0v) is 25.7. The molecular formula is C31H59N3O8. The summed E-state index contributed by atoms with van der Waals surface area (Å²) >= 11 is 0. The summed E-state index contributed by atoms with van der Waals surface area (Å²) in [6.07, 6.45) is 11.3. The van der Waals surface area contributed by atoms with E-state index in [0.29, 0.717) is 24.9 Å². The van der Waals surface area contributed by atoms with Crippen LogP contribution in [0.2, 0.25) is 0 Å². The first-order valence-corrected chi connectivity index (χ1v) is 16.4. The number of nitrogens with zero attached hydrogens (tertiary/aromatic N) is 3. The third-order valence-electron chi connectivity index (χ3n) is 9.60. The van der Waals surface area contributed by atoms with Gasteiger partial charge in [-0.2, -0.15) is 0 Å². The molecule has 2 saturated carbocycles. The molecular weight excluding hydrogens is 542 g/mol. The highest BCUT2D eigenvalue weighted by atomic mass is 16.3. The highest BCUT2D eigenvalue weighted by Crippen LogP contribution is 2.36. The summed E-state index contributed by atoms with van der Waals surface area (Å²) in [5, 5.41) is 56.5. The summed E-state index contributed by atoms with van der Waals surface area (Å²) in [4.78, 5) is 31.1. The Bertz CT molecular complexity index is 659. The zero-order chi connectivity index (χ0) is 30.7. The second kappa shape index (κ2) is 21.4. The summed E-state index contributed by atoms with van der Waals surface area (Å²) in [7, 11) is 0. The standard InChI is InChI=1S/C31H59N3O8/c35-19-13-32(14-20-36)29(11-5-25-1-7-27(8-2-25)30(41)33(15-21-37)16-22-38)12-6-26-3-9-28(10-4-26)31(42)34(17-23-39)18-24-40/h25-29,35-40H,1-24H2. The van der Waals surface area contributed by atoms with Crippen LogP contribution in [0.1, 0.15) is 77.0 Å². The van der Waals surface area contributed by atoms with Gasteiger partial charge in [-0.1, -0.05) is 0 Å². The van der Waals surface area contributed by atoms with Crippen molar-refractivity contribution in [3.63, 3.8) is 0 Å². The van der Waals surface area contributed by atoms with E-state index in [-0.39, 0.29) is 95.5 Å². The summed E-state index contributed by atoms with van der Waals surface area (Å²) in [6, 6.07) is 0.261. The van der Waals surface area contributed by atoms with Crippen molar-refractivity contribution in [2.45, 2.75) is 83.1 Å². The number of aliphatic hydroxyl groups is 6. The monoisotopic (exact) mass is 601 g/mol. The Morgan fingerprint density at radius 1 is 0.500 bits per heavy atom. The van der Waals surface area contributed by atoms with Crippen molar-refractivity contribution in [3.05, 3.63) is 0 Å². The molecule has 2 rings (SSSR count). The maximum Gasteiger partial charge on any atom is 0.225 e. The van der Waals surface area contributed by atoms with Gasteiger partial charge in [-0.15, -0.1) is 0 Å². The molecule has 0 spiro atoms. The molecule has 11 nitrogen and oxygen atoms in total. The molecule has 0 aromatic carbocycles. The van der Waals surface area contributed by atoms with Crippen LogP contribution in [0, 0.1) is 23.7 Å². The number of hydrogen-bond acceptors (Lipinski definition) is 9. The zero-order valence-electron chi connectivity index (χ0n) is 25.7. The van der Waals surface area contributed by atoms with Gasteiger partial charge < -0.3 is 40.4 Å². The lowest BCUT2D eigenvalue weighted by Crippen LogP contribution is -2.42. The maximum absolute atomic E-state index is 12.9. The van der Waals surface area contributed by atoms with Gasteiger partial charge in [0, 0.05) is 57.1 Å². The lowest BCUT2D eigenvalue weighted by molar-refractivity contribution is -0.138. The Labute approximate surface area is 252 Å². The van der Waals surface area contributed by atoms with E-state index in [1.165, 1.54) is 0 Å². The molecule has 0 aromatic heterocycles. The number of rotatable bonds is 21. The van der Waals surface area contributed by atoms with Crippen LogP contribution < -0.4 is 0 Å². The van der Waals surface area contributed by atoms with Gasteiger partial charge in [0.25, 0.3) is 0 Å². The van der Waals surface area contributed by atoms with Gasteiger partial charge in [0.05, 0.1) is 39.6 Å². The van der Waals surface area contributed by atoms with E-state index in [0.717, 1.165) is 77.0 Å². The third kappa shape index (κ3) is 12.3. The molecule has 42 heavy (non-hydrogen) atoms. The van der Waals surface area contributed by atoms with Crippen molar-refractivity contribution in [2.75, 3.05) is 78.9 Å². The average molecular weight is 602 g/mol. The topological polar surface area (TPSA) is 165 Å². The van der Waals surface area contributed by atoms with E-state index in [1.807, 2.05) is 0 Å². The highest BCUT2D eigenvalue weighted by molar-refractivity contribution is 5.79. The number of aliphatic hydroxyl groups excluding tert-OH is 6. The molecule has 6 N–H and O–H groups in total. The van der Waals surface area contributed by atoms with Crippen LogP contribution in [0.4, 0.5) is 0 Å². The molecule has 0 saturated heterocycles. The number of amides is 2. The molecule has 0 aliphatic heterocycles. The average Bonchev–Trinajstić information content (AvgIpc) is 3.01. The molecule has 0 bridgehead atoms. The molecule has 2 amide bonds. The minimum absolute atomic E-state index is 0.0393. The molecule has 0 atom stereocenters. The fourth-order valence-corrected chi connectivity index (χ4v) is 7.16. The Morgan fingerprint density at radius 2 is 0.810 bits per heavy atom. The molecule has 2 fully saturated rings. The van der Waals surface area contributed by atoms with Gasteiger partial charge in [-0.05, 0) is 88.9 Å². The quantitative estimate of drug-likeness (QED) is 0.110. The third-order valence-corrected chi connectivity index (χ3v) is 9.60. The van der Waals surface area contributed by atoms with Crippen molar-refractivity contribution >= 4 is 11.8 Å². The first kappa shape index (κ1) is 36.8. The first-order chi connectivity index (χ1) is 20.4. The molecule has 0 heterocycles. The lowest BCUT2D eigenvalue weighted by atomic mass is 9.77. The predicted molar refractivity (Wildman–Crippen MR) is 160 cm³/mol. The summed E-state index contributed by atoms with van der Waals surface area (Å²) < 4.78 is 0. The fourth-order valence-electron chi connectivity index (χ4n) is 7.16. The van der Waals surface area contributed by atoms with E-state index >= 15 is 0 Å². The normalized spacial score (nSPS) is 23.6. The minimum Gasteiger partial charge on any atom is -0.395 e. The van der Waals surface area contributed by atoms with Crippen LogP contribution in [0.3, 0.4) is 0 Å². The Morgan fingerprint density at radius 3 is 1.10 bits per heavy atom. The number of carbonyl (C=O) groups excluding carboxylic acids is 2. The molecule has 2 aliphatic carbocycles. The lowest BCUT2D eigenvalue weighted by Gasteiger charge is -2.36. The van der Waals surface area contributed by atoms with E-state index in [1.54, 1.807) is 9.80 Å². The predicted octanol–water partition coefficient (Wildman–Crippen LogP) is 0.441. The van der Waals surface area contributed by atoms with Crippen molar-refractivity contribution in [3.8, 4) is 0 Å². The van der Waals surface area contributed by atoms with Crippen molar-refractivity contribution < 1.29 is 40.2 Å². The molecule has 246 valence electrons. The van der Waals surface area contributed by atoms with Crippen molar-refractivity contribution in [2.24, 2.45) is 23.7 Å². The molecule has 0 unspecified atom stereocenters. The second-order valence-electron chi connectivity index (χ2n) is 12.3. The largest absolute Gasteiger partial charge is 0.395 e. The SMILES string of the molecule is O=C(C1CCC(CCC(CCC2CCC(C(=O)N(CCO)CCO)CC2)N(CCO)CCO)CC1)N(CCO)CCO. The minimum atomic E-state index is -0.103. The molecule has 0 aromatic rings. The smallest absolute Gasteiger partial charge is 0.225 e. The van der Waals surface area contributed by atoms with Crippen LogP contribution >= 0.6 is 0 Å². The van der Waals surface area contributed by atoms with E-state index < -0.39 is 0 Å². The van der Waals surface area contributed by atoms with Gasteiger partial charge in [-0.25, -0.2) is 0 Å². The van der Waals surface area contributed by atoms with Gasteiger partial charge >= 0.3 is 0 Å². The summed E-state index contributed by atoms with van der Waals surface area (Å²) in [6.45, 7) is 1.79. The van der Waals surface area contributed by atoms with Crippen molar-refractivity contribution in [1.82, 2.24) is 14.7 Å². The van der Waals surface area contributed by atoms with Crippen LogP contribution in [0.25, 0.3) is 0 Å². The Hall–Kier alpha value is -1.34. The Balaban J connectivity index is 1.87. The van der Waals surface area contributed by atoms with Gasteiger partial charge in [0.1, 0.15) is 0 Å². The number of carbonyl (C=O) groups is 2. The fraction of sp³-hybridized carbons (Fsp3) is 0.935. The highest BCUT2D eigenvalue weighted by Gasteiger charge is 2.32. The second-order valence-corrected chi connectivity index (χ2v) is 12.3. The molecule has 11 heteroatoms. The van der Waals surface area contributed by atoms with E-state index in [2.05, 4.69) is 4.90 Å². The Kier molecular flexibility index (Phi) is 18.8. The maximum atomic E-state index is 12.9. The van der Waals surface area contributed by atoms with Gasteiger partial charge in [0.15, 0.2) is 0 Å². The molecule has 0 radical (unpaired) electrons. The number of hydrogen-bond donors (Lipinski definition) is 6. The van der Waals surface area contributed by atoms with Crippen LogP contribution in [-0.2, 0) is 9.59 Å².